The molecule has 1 fully saturated rings. The van der Waals surface area contributed by atoms with Crippen molar-refractivity contribution in [2.45, 2.75) is 71.1 Å². The smallest absolute Gasteiger partial charge is 0.330 e. The standard InChI is InChI=1S/C30H39F2NO4/c1-4-7-29(27-18-24(31)13-11-23(27)12-14-30(35)36-5-2)37-20-26(34)19-33-15-6-8-25(33)16-22-10-9-21(3)28(32)17-22/h9-14,17-18,25-26,29,34H,4-8,15-16,19-20H2,1-3H3/b14-12+/t25-,26+,29+/m0/s1. The van der Waals surface area contributed by atoms with Crippen LogP contribution in [-0.2, 0) is 20.7 Å². The third-order valence-electron chi connectivity index (χ3n) is 6.77. The SMILES string of the molecule is CCC[C@@H](OC[C@H](O)CN1CCC[C@H]1Cc1ccc(C)c(F)c1)c1cc(F)ccc1/C=C/C(=O)OCC. The Labute approximate surface area is 219 Å². The predicted octanol–water partition coefficient (Wildman–Crippen LogP) is 5.78. The molecule has 37 heavy (non-hydrogen) atoms. The van der Waals surface area contributed by atoms with Crippen molar-refractivity contribution in [2.24, 2.45) is 0 Å². The molecule has 5 nitrogen and oxygen atoms in total. The lowest BCUT2D eigenvalue weighted by atomic mass is 9.98. The Balaban J connectivity index is 1.63. The van der Waals surface area contributed by atoms with Gasteiger partial charge in [-0.3, -0.25) is 4.90 Å². The van der Waals surface area contributed by atoms with Gasteiger partial charge in [0.2, 0.25) is 0 Å². The Bertz CT molecular complexity index is 1060. The number of esters is 1. The summed E-state index contributed by atoms with van der Waals surface area (Å²) in [5.41, 5.74) is 2.91. The maximum Gasteiger partial charge on any atom is 0.330 e. The molecule has 0 spiro atoms. The second-order valence-electron chi connectivity index (χ2n) is 9.70. The maximum atomic E-state index is 14.2. The Morgan fingerprint density at radius 2 is 2.03 bits per heavy atom. The van der Waals surface area contributed by atoms with Crippen molar-refractivity contribution in [2.75, 3.05) is 26.3 Å². The number of hydrogen-bond acceptors (Lipinski definition) is 5. The van der Waals surface area contributed by atoms with E-state index >= 15 is 0 Å². The highest BCUT2D eigenvalue weighted by molar-refractivity contribution is 5.87. The number of halogens is 2. The van der Waals surface area contributed by atoms with Gasteiger partial charge in [-0.2, -0.15) is 0 Å². The zero-order valence-electron chi connectivity index (χ0n) is 22.1. The van der Waals surface area contributed by atoms with Crippen molar-refractivity contribution >= 4 is 12.0 Å². The van der Waals surface area contributed by atoms with Crippen molar-refractivity contribution in [3.63, 3.8) is 0 Å². The third-order valence-corrected chi connectivity index (χ3v) is 6.77. The van der Waals surface area contributed by atoms with Crippen LogP contribution in [0.3, 0.4) is 0 Å². The summed E-state index contributed by atoms with van der Waals surface area (Å²) < 4.78 is 39.2. The Hall–Kier alpha value is -2.61. The number of aliphatic hydroxyl groups is 1. The first-order valence-electron chi connectivity index (χ1n) is 13.2. The van der Waals surface area contributed by atoms with E-state index in [1.54, 1.807) is 32.1 Å². The fraction of sp³-hybridized carbons (Fsp3) is 0.500. The number of carbonyl (C=O) groups is 1. The highest BCUT2D eigenvalue weighted by Gasteiger charge is 2.27. The predicted molar refractivity (Wildman–Crippen MR) is 141 cm³/mol. The summed E-state index contributed by atoms with van der Waals surface area (Å²) in [6.45, 7) is 7.22. The molecule has 3 atom stereocenters. The van der Waals surface area contributed by atoms with Crippen LogP contribution in [0.5, 0.6) is 0 Å². The van der Waals surface area contributed by atoms with Gasteiger partial charge in [0.25, 0.3) is 0 Å². The van der Waals surface area contributed by atoms with Crippen molar-refractivity contribution in [1.29, 1.82) is 0 Å². The topological polar surface area (TPSA) is 59.0 Å². The number of likely N-dealkylation sites (tertiary alicyclic amines) is 1. The summed E-state index contributed by atoms with van der Waals surface area (Å²) in [6, 6.07) is 10.0. The van der Waals surface area contributed by atoms with Crippen LogP contribution in [0.2, 0.25) is 0 Å². The van der Waals surface area contributed by atoms with Gasteiger partial charge < -0.3 is 14.6 Å². The van der Waals surface area contributed by atoms with Crippen LogP contribution >= 0.6 is 0 Å². The molecule has 1 aliphatic rings. The maximum absolute atomic E-state index is 14.2. The van der Waals surface area contributed by atoms with Crippen molar-refractivity contribution in [1.82, 2.24) is 4.90 Å². The Morgan fingerprint density at radius 3 is 2.76 bits per heavy atom. The Kier molecular flexibility index (Phi) is 11.2. The number of aryl methyl sites for hydroxylation is 1. The zero-order chi connectivity index (χ0) is 26.8. The van der Waals surface area contributed by atoms with Crippen LogP contribution in [0.15, 0.2) is 42.5 Å². The first kappa shape index (κ1) is 29.0. The third kappa shape index (κ3) is 8.73. The average Bonchev–Trinajstić information content (AvgIpc) is 3.29. The molecule has 0 aliphatic carbocycles. The molecule has 0 bridgehead atoms. The molecule has 2 aromatic carbocycles. The molecule has 1 saturated heterocycles. The van der Waals surface area contributed by atoms with Crippen LogP contribution in [0.1, 0.15) is 67.9 Å². The van der Waals surface area contributed by atoms with Crippen LogP contribution < -0.4 is 0 Å². The van der Waals surface area contributed by atoms with Crippen LogP contribution in [0.4, 0.5) is 8.78 Å². The molecular weight excluding hydrogens is 476 g/mol. The highest BCUT2D eigenvalue weighted by atomic mass is 19.1. The van der Waals surface area contributed by atoms with Crippen molar-refractivity contribution in [3.8, 4) is 0 Å². The second kappa shape index (κ2) is 14.4. The van der Waals surface area contributed by atoms with Crippen LogP contribution in [0.25, 0.3) is 6.08 Å². The summed E-state index contributed by atoms with van der Waals surface area (Å²) >= 11 is 0. The van der Waals surface area contributed by atoms with Crippen LogP contribution in [-0.4, -0.2) is 54.4 Å². The molecule has 7 heteroatoms. The minimum Gasteiger partial charge on any atom is -0.463 e. The minimum atomic E-state index is -0.721. The summed E-state index contributed by atoms with van der Waals surface area (Å²) in [5.74, 6) is -1.04. The molecule has 202 valence electrons. The molecule has 0 amide bonds. The van der Waals surface area contributed by atoms with Gasteiger partial charge in [0, 0.05) is 18.7 Å². The fourth-order valence-electron chi connectivity index (χ4n) is 4.87. The first-order chi connectivity index (χ1) is 17.8. The van der Waals surface area contributed by atoms with Gasteiger partial charge in [-0.1, -0.05) is 31.5 Å². The van der Waals surface area contributed by atoms with Gasteiger partial charge >= 0.3 is 5.97 Å². The number of benzene rings is 2. The van der Waals surface area contributed by atoms with E-state index in [-0.39, 0.29) is 30.9 Å². The number of carbonyl (C=O) groups excluding carboxylic acids is 1. The lowest BCUT2D eigenvalue weighted by Crippen LogP contribution is -2.39. The molecule has 1 heterocycles. The number of hydrogen-bond donors (Lipinski definition) is 1. The van der Waals surface area contributed by atoms with E-state index in [0.717, 1.165) is 37.8 Å². The van der Waals surface area contributed by atoms with E-state index in [9.17, 15) is 18.7 Å². The summed E-state index contributed by atoms with van der Waals surface area (Å²) in [7, 11) is 0. The number of aliphatic hydroxyl groups excluding tert-OH is 1. The molecular formula is C30H39F2NO4. The zero-order valence-corrected chi connectivity index (χ0v) is 22.1. The molecule has 1 aliphatic heterocycles. The molecule has 1 N–H and O–H groups in total. The monoisotopic (exact) mass is 515 g/mol. The summed E-state index contributed by atoms with van der Waals surface area (Å²) in [5, 5.41) is 10.8. The van der Waals surface area contributed by atoms with E-state index in [0.29, 0.717) is 29.7 Å². The molecule has 2 aromatic rings. The van der Waals surface area contributed by atoms with Gasteiger partial charge in [-0.15, -0.1) is 0 Å². The number of β-amino-alcohol motifs (C(OH)–C–C–N with tert-alkyl or cyclic N) is 1. The highest BCUT2D eigenvalue weighted by Crippen LogP contribution is 2.29. The van der Waals surface area contributed by atoms with Gasteiger partial charge in [0.05, 0.1) is 25.4 Å². The molecule has 0 saturated carbocycles. The first-order valence-corrected chi connectivity index (χ1v) is 13.2. The fourth-order valence-corrected chi connectivity index (χ4v) is 4.87. The number of rotatable bonds is 13. The van der Waals surface area contributed by atoms with E-state index < -0.39 is 18.2 Å². The van der Waals surface area contributed by atoms with Crippen molar-refractivity contribution in [3.05, 3.63) is 76.4 Å². The van der Waals surface area contributed by atoms with Crippen LogP contribution in [0, 0.1) is 18.6 Å². The normalized spacial score (nSPS) is 17.8. The largest absolute Gasteiger partial charge is 0.463 e. The van der Waals surface area contributed by atoms with Gasteiger partial charge in [0.1, 0.15) is 11.6 Å². The van der Waals surface area contributed by atoms with E-state index in [4.69, 9.17) is 9.47 Å². The minimum absolute atomic E-state index is 0.102. The molecule has 0 unspecified atom stereocenters. The van der Waals surface area contributed by atoms with E-state index in [1.165, 1.54) is 18.2 Å². The number of ether oxygens (including phenoxy) is 2. The molecule has 0 aromatic heterocycles. The number of nitrogens with zero attached hydrogens (tertiary/aromatic N) is 1. The summed E-state index contributed by atoms with van der Waals surface area (Å²) in [6.07, 6.45) is 6.00. The lowest BCUT2D eigenvalue weighted by molar-refractivity contribution is -0.137. The molecule has 3 rings (SSSR count). The van der Waals surface area contributed by atoms with Gasteiger partial charge in [-0.05, 0) is 92.6 Å². The summed E-state index contributed by atoms with van der Waals surface area (Å²) in [4.78, 5) is 14.0. The Morgan fingerprint density at radius 1 is 1.22 bits per heavy atom. The van der Waals surface area contributed by atoms with Crippen molar-refractivity contribution < 1.29 is 28.2 Å². The lowest BCUT2D eigenvalue weighted by Gasteiger charge is -2.28. The van der Waals surface area contributed by atoms with Gasteiger partial charge in [-0.25, -0.2) is 13.6 Å². The second-order valence-corrected chi connectivity index (χ2v) is 9.70. The average molecular weight is 516 g/mol. The molecule has 0 radical (unpaired) electrons. The van der Waals surface area contributed by atoms with E-state index in [1.807, 2.05) is 19.1 Å². The van der Waals surface area contributed by atoms with E-state index in [2.05, 4.69) is 4.90 Å². The quantitative estimate of drug-likeness (QED) is 0.271. The van der Waals surface area contributed by atoms with Gasteiger partial charge in [0.15, 0.2) is 0 Å².